The molecule has 1 aliphatic heterocycles. The lowest BCUT2D eigenvalue weighted by Crippen LogP contribution is -2.43. The van der Waals surface area contributed by atoms with Gasteiger partial charge in [-0.05, 0) is 37.3 Å². The van der Waals surface area contributed by atoms with Gasteiger partial charge in [-0.15, -0.1) is 0 Å². The molecule has 0 fully saturated rings. The number of hydrogen-bond acceptors (Lipinski definition) is 6. The van der Waals surface area contributed by atoms with Crippen LogP contribution in [0.5, 0.6) is 23.0 Å². The van der Waals surface area contributed by atoms with E-state index in [2.05, 4.69) is 10.3 Å². The van der Waals surface area contributed by atoms with E-state index in [0.717, 1.165) is 28.2 Å². The van der Waals surface area contributed by atoms with Crippen LogP contribution in [0.3, 0.4) is 0 Å². The Labute approximate surface area is 158 Å². The molecule has 0 aliphatic carbocycles. The lowest BCUT2D eigenvalue weighted by Gasteiger charge is -2.28. The average molecular weight is 366 g/mol. The number of hydrogen-bond donors (Lipinski definition) is 1. The van der Waals surface area contributed by atoms with Crippen LogP contribution in [0.25, 0.3) is 10.9 Å². The fourth-order valence-corrected chi connectivity index (χ4v) is 2.99. The van der Waals surface area contributed by atoms with Crippen LogP contribution in [-0.4, -0.2) is 37.6 Å². The summed E-state index contributed by atoms with van der Waals surface area (Å²) >= 11 is 0. The summed E-state index contributed by atoms with van der Waals surface area (Å²) in [6.45, 7) is 3.05. The summed E-state index contributed by atoms with van der Waals surface area (Å²) in [6, 6.07) is 15.4. The molecule has 4 rings (SSSR count). The van der Waals surface area contributed by atoms with E-state index in [4.69, 9.17) is 18.9 Å². The van der Waals surface area contributed by atoms with Crippen molar-refractivity contribution in [1.82, 2.24) is 10.3 Å². The molecule has 1 aromatic heterocycles. The van der Waals surface area contributed by atoms with Crippen LogP contribution in [0.2, 0.25) is 0 Å². The molecule has 1 aliphatic rings. The Morgan fingerprint density at radius 1 is 1.15 bits per heavy atom. The van der Waals surface area contributed by atoms with E-state index in [0.29, 0.717) is 18.9 Å². The van der Waals surface area contributed by atoms with E-state index in [1.54, 1.807) is 13.3 Å². The first-order valence-corrected chi connectivity index (χ1v) is 8.93. The van der Waals surface area contributed by atoms with Gasteiger partial charge in [0, 0.05) is 30.3 Å². The highest BCUT2D eigenvalue weighted by Gasteiger charge is 2.22. The fourth-order valence-electron chi connectivity index (χ4n) is 2.99. The molecule has 140 valence electrons. The predicted molar refractivity (Wildman–Crippen MR) is 103 cm³/mol. The summed E-state index contributed by atoms with van der Waals surface area (Å²) in [4.78, 5) is 4.36. The normalized spacial score (nSPS) is 16.7. The second kappa shape index (κ2) is 7.72. The molecule has 27 heavy (non-hydrogen) atoms. The summed E-state index contributed by atoms with van der Waals surface area (Å²) in [5.74, 6) is 2.95. The van der Waals surface area contributed by atoms with Gasteiger partial charge in [0.2, 0.25) is 0 Å². The molecule has 2 unspecified atom stereocenters. The zero-order chi connectivity index (χ0) is 18.6. The molecule has 0 bridgehead atoms. The van der Waals surface area contributed by atoms with Crippen molar-refractivity contribution in [3.05, 3.63) is 54.7 Å². The first-order valence-electron chi connectivity index (χ1n) is 8.93. The smallest absolute Gasteiger partial charge is 0.165 e. The zero-order valence-electron chi connectivity index (χ0n) is 15.3. The Kier molecular flexibility index (Phi) is 4.98. The molecule has 0 amide bonds. The van der Waals surface area contributed by atoms with Crippen molar-refractivity contribution >= 4 is 10.9 Å². The second-order valence-electron chi connectivity index (χ2n) is 6.39. The van der Waals surface area contributed by atoms with Crippen molar-refractivity contribution in [2.75, 3.05) is 20.3 Å². The monoisotopic (exact) mass is 366 g/mol. The van der Waals surface area contributed by atoms with Crippen LogP contribution in [0.4, 0.5) is 0 Å². The van der Waals surface area contributed by atoms with Gasteiger partial charge >= 0.3 is 0 Å². The molecule has 0 saturated heterocycles. The number of nitrogens with one attached hydrogen (secondary N) is 1. The third-order valence-corrected chi connectivity index (χ3v) is 4.39. The van der Waals surface area contributed by atoms with E-state index >= 15 is 0 Å². The molecule has 2 aromatic carbocycles. The quantitative estimate of drug-likeness (QED) is 0.675. The van der Waals surface area contributed by atoms with Crippen LogP contribution in [0, 0.1) is 0 Å². The summed E-state index contributed by atoms with van der Waals surface area (Å²) in [7, 11) is 1.63. The highest BCUT2D eigenvalue weighted by molar-refractivity contribution is 5.79. The number of ether oxygens (including phenoxy) is 4. The van der Waals surface area contributed by atoms with E-state index in [1.807, 2.05) is 55.5 Å². The molecule has 6 nitrogen and oxygen atoms in total. The van der Waals surface area contributed by atoms with E-state index < -0.39 is 0 Å². The van der Waals surface area contributed by atoms with Gasteiger partial charge in [0.25, 0.3) is 0 Å². The van der Waals surface area contributed by atoms with Crippen molar-refractivity contribution in [3.8, 4) is 23.0 Å². The lowest BCUT2D eigenvalue weighted by atomic mass is 10.2. The van der Waals surface area contributed by atoms with Gasteiger partial charge in [-0.25, -0.2) is 0 Å². The van der Waals surface area contributed by atoms with Crippen molar-refractivity contribution in [2.45, 2.75) is 19.3 Å². The number of nitrogens with zero attached hydrogens (tertiary/aromatic N) is 1. The molecule has 1 N–H and O–H groups in total. The van der Waals surface area contributed by atoms with Crippen LogP contribution in [-0.2, 0) is 0 Å². The maximum atomic E-state index is 6.00. The van der Waals surface area contributed by atoms with Gasteiger partial charge in [-0.1, -0.05) is 6.07 Å². The number of aromatic nitrogens is 1. The SMILES string of the molecule is COc1ccc2c(c1)OC(CNC(C)Oc1ccc3cccnc3c1)CO2. The Morgan fingerprint density at radius 2 is 2.04 bits per heavy atom. The second-order valence-corrected chi connectivity index (χ2v) is 6.39. The molecule has 6 heteroatoms. The fraction of sp³-hybridized carbons (Fsp3) is 0.286. The van der Waals surface area contributed by atoms with Gasteiger partial charge in [-0.2, -0.15) is 0 Å². The Morgan fingerprint density at radius 3 is 2.93 bits per heavy atom. The third-order valence-electron chi connectivity index (χ3n) is 4.39. The van der Waals surface area contributed by atoms with E-state index in [9.17, 15) is 0 Å². The third kappa shape index (κ3) is 4.06. The van der Waals surface area contributed by atoms with Crippen LogP contribution in [0.15, 0.2) is 54.7 Å². The van der Waals surface area contributed by atoms with Crippen molar-refractivity contribution in [3.63, 3.8) is 0 Å². The lowest BCUT2D eigenvalue weighted by molar-refractivity contribution is 0.0753. The van der Waals surface area contributed by atoms with Gasteiger partial charge in [0.15, 0.2) is 11.5 Å². The molecule has 3 aromatic rings. The van der Waals surface area contributed by atoms with Gasteiger partial charge in [0.1, 0.15) is 30.4 Å². The van der Waals surface area contributed by atoms with Crippen molar-refractivity contribution < 1.29 is 18.9 Å². The average Bonchev–Trinajstić information content (AvgIpc) is 2.71. The largest absolute Gasteiger partial charge is 0.497 e. The highest BCUT2D eigenvalue weighted by atomic mass is 16.6. The Balaban J connectivity index is 1.32. The summed E-state index contributed by atoms with van der Waals surface area (Å²) in [5, 5.41) is 4.42. The number of benzene rings is 2. The van der Waals surface area contributed by atoms with Crippen LogP contribution < -0.4 is 24.3 Å². The summed E-state index contributed by atoms with van der Waals surface area (Å²) < 4.78 is 23.0. The minimum Gasteiger partial charge on any atom is -0.497 e. The van der Waals surface area contributed by atoms with Crippen LogP contribution >= 0.6 is 0 Å². The summed E-state index contributed by atoms with van der Waals surface area (Å²) in [5.41, 5.74) is 0.914. The van der Waals surface area contributed by atoms with Gasteiger partial charge in [-0.3, -0.25) is 10.3 Å². The van der Waals surface area contributed by atoms with Crippen molar-refractivity contribution in [1.29, 1.82) is 0 Å². The van der Waals surface area contributed by atoms with Crippen LogP contribution in [0.1, 0.15) is 6.92 Å². The molecule has 0 saturated carbocycles. The molecular weight excluding hydrogens is 344 g/mol. The number of pyridine rings is 1. The van der Waals surface area contributed by atoms with E-state index in [1.165, 1.54) is 0 Å². The Hall–Kier alpha value is -2.99. The number of rotatable bonds is 6. The maximum Gasteiger partial charge on any atom is 0.165 e. The zero-order valence-corrected chi connectivity index (χ0v) is 15.3. The van der Waals surface area contributed by atoms with Crippen molar-refractivity contribution in [2.24, 2.45) is 0 Å². The molecular formula is C21H22N2O4. The minimum absolute atomic E-state index is 0.103. The van der Waals surface area contributed by atoms with Gasteiger partial charge in [0.05, 0.1) is 12.6 Å². The van der Waals surface area contributed by atoms with E-state index in [-0.39, 0.29) is 12.3 Å². The highest BCUT2D eigenvalue weighted by Crippen LogP contribution is 2.34. The minimum atomic E-state index is -0.179. The molecule has 0 spiro atoms. The van der Waals surface area contributed by atoms with Gasteiger partial charge < -0.3 is 18.9 Å². The summed E-state index contributed by atoms with van der Waals surface area (Å²) in [6.07, 6.45) is 1.50. The first-order chi connectivity index (χ1) is 13.2. The topological polar surface area (TPSA) is 61.8 Å². The molecule has 2 atom stereocenters. The first kappa shape index (κ1) is 17.4. The predicted octanol–water partition coefficient (Wildman–Crippen LogP) is 3.40. The Bertz CT molecular complexity index is 931. The molecule has 2 heterocycles. The maximum absolute atomic E-state index is 6.00. The number of fused-ring (bicyclic) bond motifs is 2. The molecule has 0 radical (unpaired) electrons. The number of methoxy groups -OCH3 is 1. The standard InChI is InChI=1S/C21H22N2O4/c1-14(26-17-6-5-15-4-3-9-22-19(15)10-17)23-12-18-13-25-20-8-7-16(24-2)11-21(20)27-18/h3-11,14,18,23H,12-13H2,1-2H3.